The Bertz CT molecular complexity index is 595. The summed E-state index contributed by atoms with van der Waals surface area (Å²) in [5.74, 6) is 0.626. The molecule has 0 aliphatic heterocycles. The maximum atomic E-state index is 5.64. The van der Waals surface area contributed by atoms with Gasteiger partial charge in [0.1, 0.15) is 13.4 Å². The van der Waals surface area contributed by atoms with E-state index in [0.29, 0.717) is 5.89 Å². The van der Waals surface area contributed by atoms with Crippen molar-refractivity contribution in [3.05, 3.63) is 48.5 Å². The maximum Gasteiger partial charge on any atom is 0.227 e. The molecular formula is C13H8BNO. The van der Waals surface area contributed by atoms with Crippen molar-refractivity contribution in [1.29, 1.82) is 0 Å². The molecule has 1 aromatic heterocycles. The fraction of sp³-hybridized carbons (Fsp3) is 0. The summed E-state index contributed by atoms with van der Waals surface area (Å²) >= 11 is 0. The molecule has 3 rings (SSSR count). The molecule has 0 N–H and O–H groups in total. The quantitative estimate of drug-likeness (QED) is 0.569. The molecule has 74 valence electrons. The Hall–Kier alpha value is -2.03. The Balaban J connectivity index is 2.15. The van der Waals surface area contributed by atoms with Crippen LogP contribution >= 0.6 is 0 Å². The highest BCUT2D eigenvalue weighted by Crippen LogP contribution is 2.22. The summed E-state index contributed by atoms with van der Waals surface area (Å²) < 4.78 is 5.64. The highest BCUT2D eigenvalue weighted by molar-refractivity contribution is 6.32. The standard InChI is InChI=1S/C13H8BNO/c14-10-7-5-9(6-8-10)13-15-11-3-1-2-4-12(11)16-13/h1-8H. The van der Waals surface area contributed by atoms with Gasteiger partial charge in [0, 0.05) is 5.56 Å². The number of benzene rings is 2. The summed E-state index contributed by atoms with van der Waals surface area (Å²) in [6.45, 7) is 0. The van der Waals surface area contributed by atoms with Crippen molar-refractivity contribution in [2.75, 3.05) is 0 Å². The fourth-order valence-electron chi connectivity index (χ4n) is 1.62. The van der Waals surface area contributed by atoms with Crippen molar-refractivity contribution in [2.45, 2.75) is 0 Å². The van der Waals surface area contributed by atoms with Crippen LogP contribution in [0, 0.1) is 0 Å². The fourth-order valence-corrected chi connectivity index (χ4v) is 1.62. The number of aromatic nitrogens is 1. The van der Waals surface area contributed by atoms with Gasteiger partial charge in [0.25, 0.3) is 0 Å². The normalized spacial score (nSPS) is 10.8. The molecule has 16 heavy (non-hydrogen) atoms. The van der Waals surface area contributed by atoms with Crippen LogP contribution in [0.1, 0.15) is 0 Å². The molecule has 0 saturated carbocycles. The van der Waals surface area contributed by atoms with Gasteiger partial charge < -0.3 is 4.42 Å². The van der Waals surface area contributed by atoms with Crippen molar-refractivity contribution in [3.63, 3.8) is 0 Å². The second-order valence-electron chi connectivity index (χ2n) is 3.61. The van der Waals surface area contributed by atoms with Crippen LogP contribution in [0.3, 0.4) is 0 Å². The van der Waals surface area contributed by atoms with Crippen LogP contribution in [0.5, 0.6) is 0 Å². The molecule has 3 heteroatoms. The predicted octanol–water partition coefficient (Wildman–Crippen LogP) is 2.29. The summed E-state index contributed by atoms with van der Waals surface area (Å²) in [5, 5.41) is 0. The third kappa shape index (κ3) is 1.50. The zero-order valence-electron chi connectivity index (χ0n) is 8.55. The van der Waals surface area contributed by atoms with E-state index in [1.807, 2.05) is 48.5 Å². The van der Waals surface area contributed by atoms with Gasteiger partial charge in [-0.05, 0) is 12.1 Å². The molecular weight excluding hydrogens is 197 g/mol. The van der Waals surface area contributed by atoms with Crippen LogP contribution in [-0.2, 0) is 0 Å². The molecule has 3 aromatic rings. The average molecular weight is 205 g/mol. The minimum Gasteiger partial charge on any atom is -0.436 e. The third-order valence-corrected chi connectivity index (χ3v) is 2.45. The Morgan fingerprint density at radius 2 is 1.69 bits per heavy atom. The predicted molar refractivity (Wildman–Crippen MR) is 64.8 cm³/mol. The van der Waals surface area contributed by atoms with Gasteiger partial charge in [-0.25, -0.2) is 4.98 Å². The molecule has 0 saturated heterocycles. The highest BCUT2D eigenvalue weighted by atomic mass is 16.3. The first-order valence-electron chi connectivity index (χ1n) is 5.04. The SMILES string of the molecule is [B]c1ccc(-c2nc3ccccc3o2)cc1. The highest BCUT2D eigenvalue weighted by Gasteiger charge is 2.06. The summed E-state index contributed by atoms with van der Waals surface area (Å²) in [6, 6.07) is 15.2. The minimum absolute atomic E-state index is 0.626. The van der Waals surface area contributed by atoms with Crippen LogP contribution in [0.25, 0.3) is 22.6 Å². The van der Waals surface area contributed by atoms with Crippen LogP contribution in [0.2, 0.25) is 0 Å². The molecule has 0 aliphatic rings. The largest absolute Gasteiger partial charge is 0.436 e. The van der Waals surface area contributed by atoms with Crippen LogP contribution in [0.15, 0.2) is 52.9 Å². The lowest BCUT2D eigenvalue weighted by molar-refractivity contribution is 0.620. The molecule has 2 radical (unpaired) electrons. The van der Waals surface area contributed by atoms with E-state index in [1.165, 1.54) is 0 Å². The summed E-state index contributed by atoms with van der Waals surface area (Å²) in [4.78, 5) is 4.41. The lowest BCUT2D eigenvalue weighted by atomic mass is 9.95. The zero-order valence-corrected chi connectivity index (χ0v) is 8.55. The van der Waals surface area contributed by atoms with Crippen molar-refractivity contribution in [3.8, 4) is 11.5 Å². The number of para-hydroxylation sites is 2. The smallest absolute Gasteiger partial charge is 0.227 e. The van der Waals surface area contributed by atoms with Crippen molar-refractivity contribution in [2.24, 2.45) is 0 Å². The van der Waals surface area contributed by atoms with E-state index in [1.54, 1.807) is 0 Å². The van der Waals surface area contributed by atoms with E-state index in [9.17, 15) is 0 Å². The molecule has 0 aliphatic carbocycles. The van der Waals surface area contributed by atoms with Gasteiger partial charge in [-0.2, -0.15) is 0 Å². The van der Waals surface area contributed by atoms with Gasteiger partial charge in [0.15, 0.2) is 5.58 Å². The molecule has 0 amide bonds. The Morgan fingerprint density at radius 3 is 2.44 bits per heavy atom. The van der Waals surface area contributed by atoms with Crippen LogP contribution < -0.4 is 5.46 Å². The Morgan fingerprint density at radius 1 is 0.938 bits per heavy atom. The third-order valence-electron chi connectivity index (χ3n) is 2.45. The summed E-state index contributed by atoms with van der Waals surface area (Å²) in [6.07, 6.45) is 0. The second-order valence-corrected chi connectivity index (χ2v) is 3.61. The first-order chi connectivity index (χ1) is 7.83. The number of rotatable bonds is 1. The Kier molecular flexibility index (Phi) is 2.03. The molecule has 1 heterocycles. The molecule has 0 atom stereocenters. The molecule has 2 aromatic carbocycles. The molecule has 0 spiro atoms. The van der Waals surface area contributed by atoms with Crippen molar-refractivity contribution in [1.82, 2.24) is 4.98 Å². The van der Waals surface area contributed by atoms with E-state index in [0.717, 1.165) is 22.1 Å². The van der Waals surface area contributed by atoms with Gasteiger partial charge in [0.2, 0.25) is 5.89 Å². The van der Waals surface area contributed by atoms with Crippen molar-refractivity contribution < 1.29 is 4.42 Å². The summed E-state index contributed by atoms with van der Waals surface area (Å²) in [5.41, 5.74) is 3.34. The topological polar surface area (TPSA) is 26.0 Å². The lowest BCUT2D eigenvalue weighted by Gasteiger charge is -1.95. The number of hydrogen-bond acceptors (Lipinski definition) is 2. The van der Waals surface area contributed by atoms with Gasteiger partial charge in [0.05, 0.1) is 0 Å². The number of hydrogen-bond donors (Lipinski definition) is 0. The monoisotopic (exact) mass is 205 g/mol. The molecule has 0 unspecified atom stereocenters. The van der Waals surface area contributed by atoms with Gasteiger partial charge in [-0.15, -0.1) is 0 Å². The van der Waals surface area contributed by atoms with E-state index in [4.69, 9.17) is 12.3 Å². The van der Waals surface area contributed by atoms with Crippen molar-refractivity contribution >= 4 is 24.4 Å². The summed E-state index contributed by atoms with van der Waals surface area (Å²) in [7, 11) is 5.63. The van der Waals surface area contributed by atoms with E-state index in [-0.39, 0.29) is 0 Å². The lowest BCUT2D eigenvalue weighted by Crippen LogP contribution is -1.99. The number of fused-ring (bicyclic) bond motifs is 1. The van der Waals surface area contributed by atoms with Gasteiger partial charge >= 0.3 is 0 Å². The zero-order chi connectivity index (χ0) is 11.0. The average Bonchev–Trinajstić information content (AvgIpc) is 2.73. The molecule has 2 nitrogen and oxygen atoms in total. The number of nitrogens with zero attached hydrogens (tertiary/aromatic N) is 1. The maximum absolute atomic E-state index is 5.64. The van der Waals surface area contributed by atoms with Crippen LogP contribution in [0.4, 0.5) is 0 Å². The first-order valence-corrected chi connectivity index (χ1v) is 5.04. The van der Waals surface area contributed by atoms with Crippen LogP contribution in [-0.4, -0.2) is 12.8 Å². The van der Waals surface area contributed by atoms with E-state index >= 15 is 0 Å². The number of oxazole rings is 1. The van der Waals surface area contributed by atoms with Gasteiger partial charge in [-0.3, -0.25) is 0 Å². The molecule has 0 bridgehead atoms. The molecule has 0 fully saturated rings. The Labute approximate surface area is 94.3 Å². The van der Waals surface area contributed by atoms with E-state index < -0.39 is 0 Å². The van der Waals surface area contributed by atoms with E-state index in [2.05, 4.69) is 4.98 Å². The second kappa shape index (κ2) is 3.52. The van der Waals surface area contributed by atoms with Gasteiger partial charge in [-0.1, -0.05) is 41.9 Å². The minimum atomic E-state index is 0.626. The first kappa shape index (κ1) is 9.22.